The normalized spacial score (nSPS) is 17.7. The lowest BCUT2D eigenvalue weighted by atomic mass is 9.76. The second-order valence-corrected chi connectivity index (χ2v) is 23.0. The van der Waals surface area contributed by atoms with Crippen LogP contribution in [-0.4, -0.2) is 117 Å². The SMILES string of the molecule is Cc1cccc(Nc2nc(NC3CCN(S(=O)(=O)CCNC(=O)CCCCC(=O)C[C@H](C(=O)N4C[C@H](O)C[C@H]4C(=O)N[C@@H](C)c4ccc(-c5scnc5C)cc4)C(C)(C)C)CC3)ncc2Br)c1C(N)=O. The first-order valence-electron chi connectivity index (χ1n) is 23.6. The molecule has 2 aliphatic heterocycles. The Balaban J connectivity index is 0.898. The Labute approximate surface area is 422 Å². The van der Waals surface area contributed by atoms with Crippen molar-refractivity contribution in [3.8, 4) is 10.4 Å². The lowest BCUT2D eigenvalue weighted by Gasteiger charge is -2.35. The number of likely N-dealkylation sites (tertiary alicyclic amines) is 1. The van der Waals surface area contributed by atoms with Crippen molar-refractivity contribution in [2.75, 3.05) is 42.6 Å². The number of anilines is 3. The molecule has 4 amide bonds. The van der Waals surface area contributed by atoms with Crippen molar-refractivity contribution >= 4 is 84.2 Å². The van der Waals surface area contributed by atoms with E-state index in [0.29, 0.717) is 53.2 Å². The van der Waals surface area contributed by atoms with E-state index in [-0.39, 0.29) is 93.2 Å². The molecule has 4 aromatic rings. The fourth-order valence-corrected chi connectivity index (χ4v) is 11.3. The van der Waals surface area contributed by atoms with Crippen LogP contribution in [0.2, 0.25) is 0 Å². The van der Waals surface area contributed by atoms with Gasteiger partial charge in [0.25, 0.3) is 5.91 Å². The largest absolute Gasteiger partial charge is 0.391 e. The number of aliphatic hydroxyl groups is 1. The van der Waals surface area contributed by atoms with E-state index in [4.69, 9.17) is 5.73 Å². The summed E-state index contributed by atoms with van der Waals surface area (Å²) in [6.45, 7) is 11.7. The molecular formula is C49H65BrN10O8S2. The summed E-state index contributed by atoms with van der Waals surface area (Å²) in [4.78, 5) is 81.7. The Morgan fingerprint density at radius 3 is 2.36 bits per heavy atom. The summed E-state index contributed by atoms with van der Waals surface area (Å²) >= 11 is 5.01. The molecule has 0 saturated carbocycles. The molecular weight excluding hydrogens is 1000 g/mol. The van der Waals surface area contributed by atoms with E-state index in [9.17, 15) is 37.5 Å². The van der Waals surface area contributed by atoms with E-state index in [1.165, 1.54) is 9.21 Å². The van der Waals surface area contributed by atoms with Crippen molar-refractivity contribution in [2.24, 2.45) is 17.1 Å². The van der Waals surface area contributed by atoms with E-state index < -0.39 is 39.4 Å². The Bertz CT molecular complexity index is 2630. The summed E-state index contributed by atoms with van der Waals surface area (Å²) in [6.07, 6.45) is 2.80. The second kappa shape index (κ2) is 23.7. The fraction of sp³-hybridized carbons (Fsp3) is 0.510. The summed E-state index contributed by atoms with van der Waals surface area (Å²) in [7, 11) is -3.66. The van der Waals surface area contributed by atoms with Crippen molar-refractivity contribution in [3.05, 3.63) is 81.0 Å². The third-order valence-corrected chi connectivity index (χ3v) is 16.3. The number of nitrogens with one attached hydrogen (secondary N) is 4. The molecule has 2 saturated heterocycles. The van der Waals surface area contributed by atoms with Gasteiger partial charge in [0.05, 0.1) is 49.7 Å². The van der Waals surface area contributed by atoms with Gasteiger partial charge < -0.3 is 37.0 Å². The molecule has 4 heterocycles. The molecule has 0 aliphatic carbocycles. The summed E-state index contributed by atoms with van der Waals surface area (Å²) in [5.41, 5.74) is 11.3. The van der Waals surface area contributed by atoms with Crippen molar-refractivity contribution in [3.63, 3.8) is 0 Å². The van der Waals surface area contributed by atoms with Crippen LogP contribution in [0.3, 0.4) is 0 Å². The van der Waals surface area contributed by atoms with E-state index in [0.717, 1.165) is 27.3 Å². The summed E-state index contributed by atoms with van der Waals surface area (Å²) in [5.74, 6) is -2.01. The summed E-state index contributed by atoms with van der Waals surface area (Å²) in [6, 6.07) is 11.9. The number of amides is 4. The highest BCUT2D eigenvalue weighted by atomic mass is 79.9. The van der Waals surface area contributed by atoms with Crippen LogP contribution in [0.1, 0.15) is 112 Å². The highest BCUT2D eigenvalue weighted by Gasteiger charge is 2.44. The van der Waals surface area contributed by atoms with Gasteiger partial charge in [-0.2, -0.15) is 4.98 Å². The molecule has 2 aromatic carbocycles. The quantitative estimate of drug-likeness (QED) is 0.0512. The molecule has 0 bridgehead atoms. The highest BCUT2D eigenvalue weighted by molar-refractivity contribution is 9.10. The molecule has 0 radical (unpaired) electrons. The van der Waals surface area contributed by atoms with E-state index in [1.807, 2.05) is 58.9 Å². The number of piperidine rings is 1. The van der Waals surface area contributed by atoms with Gasteiger partial charge in [-0.15, -0.1) is 11.3 Å². The number of unbranched alkanes of at least 4 members (excludes halogenated alkanes) is 1. The molecule has 7 N–H and O–H groups in total. The standard InChI is InChI=1S/C49H65BrN10O8S2/c1-29-10-9-12-39(42(29)44(51)64)57-45-38(50)26-53-48(58-45)56-34-18-21-59(22-19-34)70(67,68)23-20-52-41(63)13-8-7-11-35(61)24-37(49(4,5)6)47(66)60-27-36(62)25-40(60)46(65)55-30(2)32-14-16-33(17-15-32)43-31(3)54-28-69-43/h9-10,12,14-17,26,28,30,34,36-37,40,62H,7-8,11,13,18-25,27H2,1-6H3,(H2,51,64)(H,52,63)(H,55,65)(H2,53,56,57,58)/t30-,36+,37+,40-/m0/s1. The van der Waals surface area contributed by atoms with Crippen LogP contribution >= 0.6 is 27.3 Å². The van der Waals surface area contributed by atoms with E-state index in [1.54, 1.807) is 48.2 Å². The number of aromatic nitrogens is 3. The zero-order valence-corrected chi connectivity index (χ0v) is 43.8. The first-order valence-corrected chi connectivity index (χ1v) is 26.9. The molecule has 378 valence electrons. The number of primary amides is 1. The zero-order chi connectivity index (χ0) is 50.9. The van der Waals surface area contributed by atoms with Crippen LogP contribution in [-0.2, 0) is 29.2 Å². The number of nitrogens with two attached hydrogens (primary N) is 1. The molecule has 2 fully saturated rings. The average Bonchev–Trinajstić information content (AvgIpc) is 3.92. The number of hydrogen-bond donors (Lipinski definition) is 6. The Kier molecular flexibility index (Phi) is 18.3. The van der Waals surface area contributed by atoms with Crippen LogP contribution in [0.25, 0.3) is 10.4 Å². The number of β-amino-alcohol motifs (C(OH)–C–C–N with tert-alkyl or cyclic N) is 1. The number of carbonyl (C=O) groups is 5. The van der Waals surface area contributed by atoms with Gasteiger partial charge in [-0.05, 0) is 90.6 Å². The molecule has 6 rings (SSSR count). The smallest absolute Gasteiger partial charge is 0.251 e. The summed E-state index contributed by atoms with van der Waals surface area (Å²) < 4.78 is 28.4. The minimum atomic E-state index is -3.66. The maximum absolute atomic E-state index is 14.2. The van der Waals surface area contributed by atoms with Gasteiger partial charge >= 0.3 is 0 Å². The van der Waals surface area contributed by atoms with Crippen LogP contribution < -0.4 is 27.0 Å². The first kappa shape index (κ1) is 54.0. The van der Waals surface area contributed by atoms with Gasteiger partial charge in [0.2, 0.25) is 33.7 Å². The molecule has 2 aliphatic rings. The lowest BCUT2D eigenvalue weighted by molar-refractivity contribution is -0.146. The van der Waals surface area contributed by atoms with Gasteiger partial charge in [-0.25, -0.2) is 22.7 Å². The number of ketones is 1. The van der Waals surface area contributed by atoms with Crippen LogP contribution in [0.4, 0.5) is 17.5 Å². The van der Waals surface area contributed by atoms with Crippen molar-refractivity contribution in [1.82, 2.24) is 34.8 Å². The minimum Gasteiger partial charge on any atom is -0.391 e. The number of nitrogens with zero attached hydrogens (tertiary/aromatic N) is 5. The van der Waals surface area contributed by atoms with Crippen LogP contribution in [0.15, 0.2) is 58.6 Å². The zero-order valence-electron chi connectivity index (χ0n) is 40.6. The maximum atomic E-state index is 14.2. The van der Waals surface area contributed by atoms with Crippen molar-refractivity contribution < 1.29 is 37.5 Å². The predicted molar refractivity (Wildman–Crippen MR) is 274 cm³/mol. The van der Waals surface area contributed by atoms with Crippen LogP contribution in [0.5, 0.6) is 0 Å². The first-order chi connectivity index (χ1) is 33.1. The Morgan fingerprint density at radius 2 is 1.70 bits per heavy atom. The van der Waals surface area contributed by atoms with Crippen LogP contribution in [0, 0.1) is 25.2 Å². The number of sulfonamides is 1. The van der Waals surface area contributed by atoms with Gasteiger partial charge in [0, 0.05) is 70.0 Å². The molecule has 0 unspecified atom stereocenters. The molecule has 2 aromatic heterocycles. The molecule has 21 heteroatoms. The number of halogens is 1. The number of aryl methyl sites for hydroxylation is 2. The third kappa shape index (κ3) is 14.2. The number of aliphatic hydroxyl groups excluding tert-OH is 1. The van der Waals surface area contributed by atoms with Crippen molar-refractivity contribution in [1.29, 1.82) is 0 Å². The number of benzene rings is 2. The Hall–Kier alpha value is -5.35. The molecule has 4 atom stereocenters. The number of carbonyl (C=O) groups excluding carboxylic acids is 5. The molecule has 70 heavy (non-hydrogen) atoms. The lowest BCUT2D eigenvalue weighted by Crippen LogP contribution is -2.50. The van der Waals surface area contributed by atoms with Gasteiger partial charge in [0.1, 0.15) is 17.6 Å². The minimum absolute atomic E-state index is 0.0105. The number of hydrogen-bond acceptors (Lipinski definition) is 14. The van der Waals surface area contributed by atoms with Crippen molar-refractivity contribution in [2.45, 2.75) is 117 Å². The van der Waals surface area contributed by atoms with E-state index in [2.05, 4.69) is 52.1 Å². The fourth-order valence-electron chi connectivity index (χ4n) is 8.85. The Morgan fingerprint density at radius 1 is 1.00 bits per heavy atom. The second-order valence-electron chi connectivity index (χ2n) is 19.2. The number of rotatable bonds is 21. The third-order valence-electron chi connectivity index (χ3n) is 12.9. The predicted octanol–water partition coefficient (Wildman–Crippen LogP) is 6.17. The number of Topliss-reactive ketones (excluding diaryl/α,β-unsaturated/α-hetero) is 1. The molecule has 18 nitrogen and oxygen atoms in total. The monoisotopic (exact) mass is 1060 g/mol. The summed E-state index contributed by atoms with van der Waals surface area (Å²) in [5, 5.41) is 22.8. The molecule has 0 spiro atoms. The van der Waals surface area contributed by atoms with E-state index >= 15 is 0 Å². The average molecular weight is 1070 g/mol. The highest BCUT2D eigenvalue weighted by Crippen LogP contribution is 2.35. The van der Waals surface area contributed by atoms with Gasteiger partial charge in [-0.3, -0.25) is 24.0 Å². The topological polar surface area (TPSA) is 259 Å². The maximum Gasteiger partial charge on any atom is 0.251 e. The number of thiazole rings is 1. The van der Waals surface area contributed by atoms with Gasteiger partial charge in [-0.1, -0.05) is 57.2 Å². The van der Waals surface area contributed by atoms with Gasteiger partial charge in [0.15, 0.2) is 0 Å².